The number of hydrogen-bond donors (Lipinski definition) is 0. The Bertz CT molecular complexity index is 1120. The highest BCUT2D eigenvalue weighted by Crippen LogP contribution is 2.34. The summed E-state index contributed by atoms with van der Waals surface area (Å²) in [6.07, 6.45) is -1.58. The van der Waals surface area contributed by atoms with Crippen molar-refractivity contribution in [2.45, 2.75) is 51.1 Å². The van der Waals surface area contributed by atoms with E-state index in [9.17, 15) is 18.0 Å². The van der Waals surface area contributed by atoms with E-state index in [1.54, 1.807) is 35.0 Å². The molecule has 31 heavy (non-hydrogen) atoms. The molecule has 0 bridgehead atoms. The number of rotatable bonds is 2. The van der Waals surface area contributed by atoms with Gasteiger partial charge in [-0.1, -0.05) is 20.8 Å². The molecule has 4 rings (SSSR count). The van der Waals surface area contributed by atoms with Crippen LogP contribution in [0.4, 0.5) is 13.2 Å². The molecule has 0 aromatic carbocycles. The first kappa shape index (κ1) is 21.3. The maximum Gasteiger partial charge on any atom is 0.433 e. The third-order valence-corrected chi connectivity index (χ3v) is 5.64. The normalized spacial score (nSPS) is 16.3. The van der Waals surface area contributed by atoms with Crippen molar-refractivity contribution in [2.24, 2.45) is 7.05 Å². The molecule has 1 saturated heterocycles. The highest BCUT2D eigenvalue weighted by atomic mass is 19.4. The lowest BCUT2D eigenvalue weighted by Crippen LogP contribution is -2.38. The number of aryl methyl sites for hydroxylation is 1. The number of hydrogen-bond acceptors (Lipinski definition) is 4. The number of aromatic nitrogens is 5. The van der Waals surface area contributed by atoms with E-state index in [4.69, 9.17) is 0 Å². The molecule has 1 fully saturated rings. The Morgan fingerprint density at radius 2 is 1.77 bits per heavy atom. The molecule has 1 amide bonds. The maximum absolute atomic E-state index is 13.7. The number of fused-ring (bicyclic) bond motifs is 1. The second-order valence-electron chi connectivity index (χ2n) is 9.05. The summed E-state index contributed by atoms with van der Waals surface area (Å²) in [6, 6.07) is 4.40. The van der Waals surface area contributed by atoms with Gasteiger partial charge in [0.05, 0.1) is 11.4 Å². The molecular formula is C21H25F3N6O. The average Bonchev–Trinajstić information content (AvgIpc) is 3.31. The Balaban J connectivity index is 1.59. The monoisotopic (exact) mass is 434 g/mol. The van der Waals surface area contributed by atoms with Crippen LogP contribution in [0.15, 0.2) is 24.4 Å². The van der Waals surface area contributed by atoms with Crippen LogP contribution in [0.5, 0.6) is 0 Å². The van der Waals surface area contributed by atoms with Crippen LogP contribution < -0.4 is 0 Å². The SMILES string of the molecule is Cn1ccc(C(=O)N2CCC(c3cc4nc(C(C)(C)C)cc(C(F)(F)F)n4n3)CC2)n1. The van der Waals surface area contributed by atoms with Crippen molar-refractivity contribution in [2.75, 3.05) is 13.1 Å². The quantitative estimate of drug-likeness (QED) is 0.615. The largest absolute Gasteiger partial charge is 0.433 e. The van der Waals surface area contributed by atoms with E-state index in [1.807, 2.05) is 20.8 Å². The predicted octanol–water partition coefficient (Wildman–Crippen LogP) is 3.80. The topological polar surface area (TPSA) is 68.3 Å². The van der Waals surface area contributed by atoms with Gasteiger partial charge in [-0.2, -0.15) is 23.4 Å². The Morgan fingerprint density at radius 3 is 2.32 bits per heavy atom. The first-order valence-electron chi connectivity index (χ1n) is 10.2. The Labute approximate surface area is 177 Å². The zero-order valence-corrected chi connectivity index (χ0v) is 17.9. The lowest BCUT2D eigenvalue weighted by atomic mass is 9.91. The molecule has 0 spiro atoms. The van der Waals surface area contributed by atoms with Gasteiger partial charge >= 0.3 is 6.18 Å². The van der Waals surface area contributed by atoms with Crippen molar-refractivity contribution in [1.29, 1.82) is 0 Å². The summed E-state index contributed by atoms with van der Waals surface area (Å²) in [4.78, 5) is 18.8. The third kappa shape index (κ3) is 4.15. The molecule has 166 valence electrons. The highest BCUT2D eigenvalue weighted by Gasteiger charge is 2.37. The van der Waals surface area contributed by atoms with E-state index < -0.39 is 17.3 Å². The van der Waals surface area contributed by atoms with Crippen LogP contribution in [-0.2, 0) is 18.6 Å². The van der Waals surface area contributed by atoms with Gasteiger partial charge in [-0.15, -0.1) is 0 Å². The van der Waals surface area contributed by atoms with Crippen molar-refractivity contribution < 1.29 is 18.0 Å². The van der Waals surface area contributed by atoms with Gasteiger partial charge in [-0.05, 0) is 25.0 Å². The minimum absolute atomic E-state index is 0.0337. The zero-order chi connectivity index (χ0) is 22.6. The molecule has 3 aromatic rings. The average molecular weight is 434 g/mol. The van der Waals surface area contributed by atoms with Crippen LogP contribution in [0.2, 0.25) is 0 Å². The number of halogens is 3. The van der Waals surface area contributed by atoms with E-state index in [1.165, 1.54) is 0 Å². The summed E-state index contributed by atoms with van der Waals surface area (Å²) < 4.78 is 43.6. The van der Waals surface area contributed by atoms with E-state index >= 15 is 0 Å². The summed E-state index contributed by atoms with van der Waals surface area (Å²) in [5.41, 5.74) is 0.188. The second-order valence-corrected chi connectivity index (χ2v) is 9.05. The molecule has 0 atom stereocenters. The Kier molecular flexibility index (Phi) is 5.06. The van der Waals surface area contributed by atoms with Gasteiger partial charge in [0.1, 0.15) is 11.4 Å². The fourth-order valence-corrected chi connectivity index (χ4v) is 3.85. The summed E-state index contributed by atoms with van der Waals surface area (Å²) in [6.45, 7) is 6.49. The Hall–Kier alpha value is -2.91. The highest BCUT2D eigenvalue weighted by molar-refractivity contribution is 5.92. The number of carbonyl (C=O) groups excluding carboxylic acids is 1. The first-order valence-corrected chi connectivity index (χ1v) is 10.2. The molecule has 0 N–H and O–H groups in total. The number of nitrogens with zero attached hydrogens (tertiary/aromatic N) is 6. The van der Waals surface area contributed by atoms with Gasteiger partial charge in [-0.25, -0.2) is 9.50 Å². The van der Waals surface area contributed by atoms with Crippen molar-refractivity contribution in [3.8, 4) is 0 Å². The van der Waals surface area contributed by atoms with Crippen LogP contribution >= 0.6 is 0 Å². The van der Waals surface area contributed by atoms with Crippen LogP contribution in [0, 0.1) is 0 Å². The smallest absolute Gasteiger partial charge is 0.337 e. The summed E-state index contributed by atoms with van der Waals surface area (Å²) >= 11 is 0. The van der Waals surface area contributed by atoms with Crippen molar-refractivity contribution >= 4 is 11.6 Å². The van der Waals surface area contributed by atoms with Crippen molar-refractivity contribution in [3.05, 3.63) is 47.2 Å². The lowest BCUT2D eigenvalue weighted by Gasteiger charge is -2.30. The molecular weight excluding hydrogens is 409 g/mol. The van der Waals surface area contributed by atoms with Crippen molar-refractivity contribution in [1.82, 2.24) is 29.3 Å². The summed E-state index contributed by atoms with van der Waals surface area (Å²) in [5, 5.41) is 8.42. The standard InChI is InChI=1S/C21H25F3N6O/c1-20(2,3)16-12-17(21(22,23)24)30-18(25-16)11-15(27-30)13-5-9-29(10-6-13)19(31)14-7-8-28(4)26-14/h7-8,11-13H,5-6,9-10H2,1-4H3. The maximum atomic E-state index is 13.7. The van der Waals surface area contributed by atoms with Crippen LogP contribution in [-0.4, -0.2) is 48.3 Å². The van der Waals surface area contributed by atoms with Gasteiger partial charge in [0.25, 0.3) is 5.91 Å². The fraction of sp³-hybridized carbons (Fsp3) is 0.524. The third-order valence-electron chi connectivity index (χ3n) is 5.64. The van der Waals surface area contributed by atoms with E-state index in [-0.39, 0.29) is 17.5 Å². The number of alkyl halides is 3. The fourth-order valence-electron chi connectivity index (χ4n) is 3.85. The predicted molar refractivity (Wildman–Crippen MR) is 108 cm³/mol. The first-order chi connectivity index (χ1) is 14.4. The number of carbonyl (C=O) groups is 1. The lowest BCUT2D eigenvalue weighted by molar-refractivity contribution is -0.142. The van der Waals surface area contributed by atoms with E-state index in [0.717, 1.165) is 10.6 Å². The molecule has 4 heterocycles. The summed E-state index contributed by atoms with van der Waals surface area (Å²) in [7, 11) is 1.75. The van der Waals surface area contributed by atoms with Gasteiger partial charge in [0.2, 0.25) is 0 Å². The van der Waals surface area contributed by atoms with E-state index in [2.05, 4.69) is 15.2 Å². The molecule has 0 unspecified atom stereocenters. The van der Waals surface area contributed by atoms with Crippen LogP contribution in [0.25, 0.3) is 5.65 Å². The molecule has 0 aliphatic carbocycles. The molecule has 1 aliphatic heterocycles. The Morgan fingerprint density at radius 1 is 1.10 bits per heavy atom. The number of amides is 1. The molecule has 7 nitrogen and oxygen atoms in total. The number of piperidine rings is 1. The van der Waals surface area contributed by atoms with Crippen molar-refractivity contribution in [3.63, 3.8) is 0 Å². The number of likely N-dealkylation sites (tertiary alicyclic amines) is 1. The van der Waals surface area contributed by atoms with Gasteiger partial charge in [0, 0.05) is 43.7 Å². The van der Waals surface area contributed by atoms with E-state index in [0.29, 0.717) is 43.0 Å². The second kappa shape index (κ2) is 7.35. The van der Waals surface area contributed by atoms with Gasteiger partial charge < -0.3 is 4.90 Å². The zero-order valence-electron chi connectivity index (χ0n) is 17.9. The van der Waals surface area contributed by atoms with Crippen LogP contribution in [0.1, 0.15) is 67.1 Å². The molecule has 0 saturated carbocycles. The minimum Gasteiger partial charge on any atom is -0.337 e. The van der Waals surface area contributed by atoms with Gasteiger partial charge in [-0.3, -0.25) is 9.48 Å². The minimum atomic E-state index is -4.54. The molecule has 1 aliphatic rings. The summed E-state index contributed by atoms with van der Waals surface area (Å²) in [5.74, 6) is -0.168. The molecule has 10 heteroatoms. The van der Waals surface area contributed by atoms with Crippen LogP contribution in [0.3, 0.4) is 0 Å². The van der Waals surface area contributed by atoms with Gasteiger partial charge in [0.15, 0.2) is 5.65 Å². The molecule has 0 radical (unpaired) electrons. The molecule has 3 aromatic heterocycles.